The topological polar surface area (TPSA) is 133 Å². The standard InChI is InChI=1S/C22H21N7O4/c1-4-23-21-26-12-16(20(30)29(21)2)17-6-5-13-9-15(11-25-19(13)27-17)33-14-7-8-24-18(10-14)28-22(31)32-3/h5-12H,4H2,1-3H3,(H,23,26)(H,24,28,31). The lowest BCUT2D eigenvalue weighted by Crippen LogP contribution is -2.23. The minimum absolute atomic E-state index is 0.207. The van der Waals surface area contributed by atoms with E-state index in [0.29, 0.717) is 40.9 Å². The zero-order valence-corrected chi connectivity index (χ0v) is 18.2. The number of nitrogens with one attached hydrogen (secondary N) is 2. The van der Waals surface area contributed by atoms with Crippen molar-refractivity contribution in [3.63, 3.8) is 0 Å². The number of carbonyl (C=O) groups is 1. The summed E-state index contributed by atoms with van der Waals surface area (Å²) in [5.41, 5.74) is 1.11. The van der Waals surface area contributed by atoms with E-state index in [0.717, 1.165) is 5.39 Å². The second kappa shape index (κ2) is 9.30. The number of amides is 1. The van der Waals surface area contributed by atoms with E-state index < -0.39 is 6.09 Å². The molecule has 0 radical (unpaired) electrons. The Morgan fingerprint density at radius 3 is 2.73 bits per heavy atom. The van der Waals surface area contributed by atoms with E-state index in [9.17, 15) is 9.59 Å². The first-order valence-electron chi connectivity index (χ1n) is 10.0. The van der Waals surface area contributed by atoms with Gasteiger partial charge in [-0.15, -0.1) is 0 Å². The molecule has 0 spiro atoms. The van der Waals surface area contributed by atoms with Gasteiger partial charge < -0.3 is 14.8 Å². The van der Waals surface area contributed by atoms with Crippen LogP contribution in [0.5, 0.6) is 11.5 Å². The number of rotatable bonds is 6. The van der Waals surface area contributed by atoms with Gasteiger partial charge in [0.2, 0.25) is 5.95 Å². The summed E-state index contributed by atoms with van der Waals surface area (Å²) < 4.78 is 11.8. The van der Waals surface area contributed by atoms with E-state index in [2.05, 4.69) is 35.3 Å². The van der Waals surface area contributed by atoms with Gasteiger partial charge >= 0.3 is 6.09 Å². The molecule has 0 saturated heterocycles. The highest BCUT2D eigenvalue weighted by atomic mass is 16.5. The summed E-state index contributed by atoms with van der Waals surface area (Å²) in [6.45, 7) is 2.59. The first-order chi connectivity index (χ1) is 16.0. The number of aromatic nitrogens is 5. The highest BCUT2D eigenvalue weighted by molar-refractivity contribution is 5.83. The second-order valence-electron chi connectivity index (χ2n) is 6.90. The van der Waals surface area contributed by atoms with Crippen LogP contribution in [0.15, 0.2) is 53.7 Å². The monoisotopic (exact) mass is 447 g/mol. The lowest BCUT2D eigenvalue weighted by atomic mass is 10.2. The van der Waals surface area contributed by atoms with E-state index in [-0.39, 0.29) is 11.4 Å². The minimum Gasteiger partial charge on any atom is -0.456 e. The molecule has 168 valence electrons. The van der Waals surface area contributed by atoms with Crippen molar-refractivity contribution >= 4 is 28.9 Å². The Bertz CT molecular complexity index is 1390. The number of nitrogens with zero attached hydrogens (tertiary/aromatic N) is 5. The Morgan fingerprint density at radius 2 is 1.94 bits per heavy atom. The van der Waals surface area contributed by atoms with Crippen LogP contribution >= 0.6 is 0 Å². The third-order valence-corrected chi connectivity index (χ3v) is 4.68. The number of anilines is 2. The molecule has 0 aliphatic rings. The summed E-state index contributed by atoms with van der Waals surface area (Å²) in [5.74, 6) is 1.71. The van der Waals surface area contributed by atoms with Crippen LogP contribution in [0.3, 0.4) is 0 Å². The van der Waals surface area contributed by atoms with E-state index in [1.165, 1.54) is 30.3 Å². The smallest absolute Gasteiger partial charge is 0.412 e. The van der Waals surface area contributed by atoms with Crippen molar-refractivity contribution in [3.05, 3.63) is 59.3 Å². The van der Waals surface area contributed by atoms with Gasteiger partial charge in [0.25, 0.3) is 5.56 Å². The third kappa shape index (κ3) is 4.71. The van der Waals surface area contributed by atoms with Crippen molar-refractivity contribution in [1.29, 1.82) is 0 Å². The van der Waals surface area contributed by atoms with Gasteiger partial charge in [-0.3, -0.25) is 14.7 Å². The molecule has 4 aromatic heterocycles. The number of ether oxygens (including phenoxy) is 2. The molecule has 33 heavy (non-hydrogen) atoms. The third-order valence-electron chi connectivity index (χ3n) is 4.68. The number of hydrogen-bond acceptors (Lipinski definition) is 9. The van der Waals surface area contributed by atoms with E-state index >= 15 is 0 Å². The molecule has 0 bridgehead atoms. The van der Waals surface area contributed by atoms with Crippen molar-refractivity contribution in [2.24, 2.45) is 7.05 Å². The van der Waals surface area contributed by atoms with Crippen LogP contribution in [0.4, 0.5) is 16.6 Å². The fraction of sp³-hybridized carbons (Fsp3) is 0.182. The van der Waals surface area contributed by atoms with Gasteiger partial charge in [0.15, 0.2) is 5.65 Å². The number of fused-ring (bicyclic) bond motifs is 1. The van der Waals surface area contributed by atoms with Gasteiger partial charge in [0, 0.05) is 37.4 Å². The van der Waals surface area contributed by atoms with Crippen LogP contribution in [-0.4, -0.2) is 44.3 Å². The average Bonchev–Trinajstić information content (AvgIpc) is 2.82. The summed E-state index contributed by atoms with van der Waals surface area (Å²) in [5, 5.41) is 6.24. The number of methoxy groups -OCH3 is 1. The second-order valence-corrected chi connectivity index (χ2v) is 6.90. The van der Waals surface area contributed by atoms with Crippen molar-refractivity contribution < 1.29 is 14.3 Å². The average molecular weight is 447 g/mol. The molecule has 1 amide bonds. The molecule has 0 fully saturated rings. The van der Waals surface area contributed by atoms with Crippen molar-refractivity contribution in [2.45, 2.75) is 6.92 Å². The summed E-state index contributed by atoms with van der Waals surface area (Å²) in [4.78, 5) is 41.3. The Hall–Kier alpha value is -4.54. The zero-order chi connectivity index (χ0) is 23.4. The first kappa shape index (κ1) is 21.7. The molecule has 0 saturated carbocycles. The Kier molecular flexibility index (Phi) is 6.11. The molecule has 0 unspecified atom stereocenters. The molecule has 2 N–H and O–H groups in total. The van der Waals surface area contributed by atoms with Gasteiger partial charge in [-0.1, -0.05) is 0 Å². The molecular formula is C22H21N7O4. The molecule has 11 heteroatoms. The van der Waals surface area contributed by atoms with E-state index in [1.54, 1.807) is 31.3 Å². The van der Waals surface area contributed by atoms with Crippen LogP contribution in [-0.2, 0) is 11.8 Å². The number of pyridine rings is 3. The largest absolute Gasteiger partial charge is 0.456 e. The summed E-state index contributed by atoms with van der Waals surface area (Å²) in [6.07, 6.45) is 3.90. The van der Waals surface area contributed by atoms with Gasteiger partial charge in [0.1, 0.15) is 17.3 Å². The highest BCUT2D eigenvalue weighted by Crippen LogP contribution is 2.26. The quantitative estimate of drug-likeness (QED) is 0.457. The Morgan fingerprint density at radius 1 is 1.09 bits per heavy atom. The molecule has 4 rings (SSSR count). The summed E-state index contributed by atoms with van der Waals surface area (Å²) in [6, 6.07) is 8.53. The normalized spacial score (nSPS) is 10.6. The molecular weight excluding hydrogens is 426 g/mol. The van der Waals surface area contributed by atoms with Gasteiger partial charge in [-0.2, -0.15) is 0 Å². The fourth-order valence-electron chi connectivity index (χ4n) is 3.07. The maximum atomic E-state index is 12.7. The van der Waals surface area contributed by atoms with Gasteiger partial charge in [-0.25, -0.2) is 24.7 Å². The van der Waals surface area contributed by atoms with Crippen LogP contribution in [0.25, 0.3) is 22.3 Å². The van der Waals surface area contributed by atoms with Crippen molar-refractivity contribution in [3.8, 4) is 22.8 Å². The molecule has 0 aromatic carbocycles. The Balaban J connectivity index is 1.59. The zero-order valence-electron chi connectivity index (χ0n) is 18.2. The van der Waals surface area contributed by atoms with Crippen molar-refractivity contribution in [1.82, 2.24) is 24.5 Å². The van der Waals surface area contributed by atoms with Crippen LogP contribution in [0, 0.1) is 0 Å². The molecule has 4 heterocycles. The summed E-state index contributed by atoms with van der Waals surface area (Å²) in [7, 11) is 2.92. The maximum absolute atomic E-state index is 12.7. The SMILES string of the molecule is CCNc1ncc(-c2ccc3cc(Oc4ccnc(NC(=O)OC)c4)cnc3n2)c(=O)n1C. The lowest BCUT2D eigenvalue weighted by molar-refractivity contribution is 0.187. The number of hydrogen-bond donors (Lipinski definition) is 2. The minimum atomic E-state index is -0.629. The summed E-state index contributed by atoms with van der Waals surface area (Å²) >= 11 is 0. The molecule has 0 atom stereocenters. The Labute approximate surface area is 188 Å². The molecule has 0 aliphatic carbocycles. The van der Waals surface area contributed by atoms with Gasteiger partial charge in [-0.05, 0) is 31.2 Å². The number of carbonyl (C=O) groups excluding carboxylic acids is 1. The predicted molar refractivity (Wildman–Crippen MR) is 123 cm³/mol. The molecule has 0 aliphatic heterocycles. The van der Waals surface area contributed by atoms with Crippen LogP contribution < -0.4 is 20.9 Å². The predicted octanol–water partition coefficient (Wildman–Crippen LogP) is 3.19. The van der Waals surface area contributed by atoms with Gasteiger partial charge in [0.05, 0.1) is 24.6 Å². The maximum Gasteiger partial charge on any atom is 0.412 e. The van der Waals surface area contributed by atoms with Crippen LogP contribution in [0.2, 0.25) is 0 Å². The first-order valence-corrected chi connectivity index (χ1v) is 10.0. The lowest BCUT2D eigenvalue weighted by Gasteiger charge is -2.10. The van der Waals surface area contributed by atoms with E-state index in [1.807, 2.05) is 13.0 Å². The van der Waals surface area contributed by atoms with Crippen LogP contribution in [0.1, 0.15) is 6.92 Å². The van der Waals surface area contributed by atoms with Crippen molar-refractivity contribution in [2.75, 3.05) is 24.3 Å². The fourth-order valence-corrected chi connectivity index (χ4v) is 3.07. The molecule has 4 aromatic rings. The van der Waals surface area contributed by atoms with E-state index in [4.69, 9.17) is 4.74 Å². The molecule has 11 nitrogen and oxygen atoms in total. The highest BCUT2D eigenvalue weighted by Gasteiger charge is 2.12.